The van der Waals surface area contributed by atoms with Gasteiger partial charge in [0.15, 0.2) is 5.82 Å². The van der Waals surface area contributed by atoms with Crippen LogP contribution in [-0.2, 0) is 13.6 Å². The molecule has 0 aliphatic heterocycles. The van der Waals surface area contributed by atoms with Gasteiger partial charge in [0.2, 0.25) is 0 Å². The number of aromatic nitrogens is 4. The first kappa shape index (κ1) is 9.14. The summed E-state index contributed by atoms with van der Waals surface area (Å²) in [6.07, 6.45) is 3.72. The summed E-state index contributed by atoms with van der Waals surface area (Å²) in [5.74, 6) is 0.790. The molecular formula is C8H11N5S. The average molecular weight is 209 g/mol. The molecule has 0 amide bonds. The average Bonchev–Trinajstić information content (AvgIpc) is 2.72. The van der Waals surface area contributed by atoms with E-state index in [1.165, 1.54) is 4.88 Å². The lowest BCUT2D eigenvalue weighted by Gasteiger charge is -1.96. The first-order valence-electron chi connectivity index (χ1n) is 4.25. The SMILES string of the molecule is Cc1ncc(CNc2cn(C)nn2)s1. The van der Waals surface area contributed by atoms with E-state index in [-0.39, 0.29) is 0 Å². The Balaban J connectivity index is 1.94. The third kappa shape index (κ3) is 2.08. The molecule has 2 aromatic rings. The van der Waals surface area contributed by atoms with Crippen molar-refractivity contribution in [2.45, 2.75) is 13.5 Å². The summed E-state index contributed by atoms with van der Waals surface area (Å²) in [5.41, 5.74) is 0. The summed E-state index contributed by atoms with van der Waals surface area (Å²) in [6, 6.07) is 0. The second-order valence-corrected chi connectivity index (χ2v) is 4.30. The standard InChI is InChI=1S/C8H11N5S/c1-6-9-3-7(14-6)4-10-8-5-13(2)12-11-8/h3,5,10H,4H2,1-2H3. The quantitative estimate of drug-likeness (QED) is 0.825. The Morgan fingerprint density at radius 2 is 2.43 bits per heavy atom. The molecule has 2 rings (SSSR count). The largest absolute Gasteiger partial charge is 0.362 e. The van der Waals surface area contributed by atoms with Crippen molar-refractivity contribution in [3.63, 3.8) is 0 Å². The van der Waals surface area contributed by atoms with E-state index in [1.54, 1.807) is 16.0 Å². The molecule has 0 aromatic carbocycles. The highest BCUT2D eigenvalue weighted by molar-refractivity contribution is 7.11. The van der Waals surface area contributed by atoms with Crippen LogP contribution in [0, 0.1) is 6.92 Å². The molecule has 0 fully saturated rings. The van der Waals surface area contributed by atoms with Gasteiger partial charge < -0.3 is 5.32 Å². The highest BCUT2D eigenvalue weighted by Gasteiger charge is 2.00. The van der Waals surface area contributed by atoms with Crippen molar-refractivity contribution in [3.05, 3.63) is 22.3 Å². The van der Waals surface area contributed by atoms with Crippen molar-refractivity contribution < 1.29 is 0 Å². The van der Waals surface area contributed by atoms with E-state index < -0.39 is 0 Å². The molecule has 0 saturated heterocycles. The van der Waals surface area contributed by atoms with E-state index in [0.717, 1.165) is 17.4 Å². The van der Waals surface area contributed by atoms with E-state index in [4.69, 9.17) is 0 Å². The van der Waals surface area contributed by atoms with Crippen LogP contribution in [0.4, 0.5) is 5.82 Å². The number of thiazole rings is 1. The van der Waals surface area contributed by atoms with Crippen molar-refractivity contribution in [3.8, 4) is 0 Å². The van der Waals surface area contributed by atoms with E-state index in [0.29, 0.717) is 0 Å². The zero-order valence-electron chi connectivity index (χ0n) is 8.06. The van der Waals surface area contributed by atoms with Gasteiger partial charge in [0, 0.05) is 18.1 Å². The smallest absolute Gasteiger partial charge is 0.168 e. The highest BCUT2D eigenvalue weighted by atomic mass is 32.1. The summed E-state index contributed by atoms with van der Waals surface area (Å²) >= 11 is 1.69. The lowest BCUT2D eigenvalue weighted by atomic mass is 10.5. The summed E-state index contributed by atoms with van der Waals surface area (Å²) in [4.78, 5) is 5.37. The number of nitrogens with one attached hydrogen (secondary N) is 1. The third-order valence-electron chi connectivity index (χ3n) is 1.72. The Labute approximate surface area is 85.8 Å². The van der Waals surface area contributed by atoms with Crippen LogP contribution in [0.5, 0.6) is 0 Å². The van der Waals surface area contributed by atoms with Crippen LogP contribution in [0.25, 0.3) is 0 Å². The Morgan fingerprint density at radius 3 is 3.00 bits per heavy atom. The fourth-order valence-corrected chi connectivity index (χ4v) is 1.83. The van der Waals surface area contributed by atoms with Gasteiger partial charge in [-0.1, -0.05) is 5.21 Å². The Hall–Kier alpha value is -1.43. The molecule has 2 aromatic heterocycles. The zero-order chi connectivity index (χ0) is 9.97. The normalized spacial score (nSPS) is 10.4. The topological polar surface area (TPSA) is 55.6 Å². The van der Waals surface area contributed by atoms with Crippen molar-refractivity contribution in [2.75, 3.05) is 5.32 Å². The molecule has 0 aliphatic carbocycles. The van der Waals surface area contributed by atoms with Gasteiger partial charge in [-0.25, -0.2) is 4.98 Å². The van der Waals surface area contributed by atoms with Crippen LogP contribution in [0.15, 0.2) is 12.4 Å². The molecule has 0 aliphatic rings. The number of anilines is 1. The van der Waals surface area contributed by atoms with E-state index in [2.05, 4.69) is 20.6 Å². The van der Waals surface area contributed by atoms with Crippen molar-refractivity contribution in [1.29, 1.82) is 0 Å². The molecule has 0 radical (unpaired) electrons. The van der Waals surface area contributed by atoms with Crippen molar-refractivity contribution >= 4 is 17.2 Å². The molecule has 5 nitrogen and oxygen atoms in total. The van der Waals surface area contributed by atoms with Gasteiger partial charge in [-0.2, -0.15) is 0 Å². The van der Waals surface area contributed by atoms with Crippen LogP contribution in [0.1, 0.15) is 9.88 Å². The molecule has 14 heavy (non-hydrogen) atoms. The van der Waals surface area contributed by atoms with Crippen LogP contribution in [0.2, 0.25) is 0 Å². The van der Waals surface area contributed by atoms with Gasteiger partial charge in [0.1, 0.15) is 0 Å². The summed E-state index contributed by atoms with van der Waals surface area (Å²) in [5, 5.41) is 12.0. The third-order valence-corrected chi connectivity index (χ3v) is 2.63. The Bertz CT molecular complexity index is 379. The fraction of sp³-hybridized carbons (Fsp3) is 0.375. The zero-order valence-corrected chi connectivity index (χ0v) is 8.88. The molecule has 74 valence electrons. The lowest BCUT2D eigenvalue weighted by Crippen LogP contribution is -1.97. The first-order valence-corrected chi connectivity index (χ1v) is 5.07. The molecule has 2 heterocycles. The molecule has 6 heteroatoms. The van der Waals surface area contributed by atoms with Crippen LogP contribution >= 0.6 is 11.3 Å². The highest BCUT2D eigenvalue weighted by Crippen LogP contribution is 2.12. The van der Waals surface area contributed by atoms with Crippen LogP contribution < -0.4 is 5.32 Å². The maximum atomic E-state index is 4.17. The Morgan fingerprint density at radius 1 is 1.57 bits per heavy atom. The Kier molecular flexibility index (Phi) is 2.45. The maximum absolute atomic E-state index is 4.17. The van der Waals surface area contributed by atoms with Crippen LogP contribution in [0.3, 0.4) is 0 Å². The van der Waals surface area contributed by atoms with Gasteiger partial charge in [-0.05, 0) is 6.92 Å². The summed E-state index contributed by atoms with van der Waals surface area (Å²) < 4.78 is 1.67. The molecule has 0 bridgehead atoms. The van der Waals surface area contributed by atoms with Gasteiger partial charge in [0.05, 0.1) is 17.7 Å². The minimum absolute atomic E-state index is 0.754. The number of hydrogen-bond donors (Lipinski definition) is 1. The molecule has 0 saturated carbocycles. The van der Waals surface area contributed by atoms with Crippen molar-refractivity contribution in [2.24, 2.45) is 7.05 Å². The van der Waals surface area contributed by atoms with E-state index >= 15 is 0 Å². The number of aryl methyl sites for hydroxylation is 2. The van der Waals surface area contributed by atoms with E-state index in [9.17, 15) is 0 Å². The predicted molar refractivity (Wildman–Crippen MR) is 55.2 cm³/mol. The molecule has 1 N–H and O–H groups in total. The monoisotopic (exact) mass is 209 g/mol. The predicted octanol–water partition coefficient (Wildman–Crippen LogP) is 1.19. The maximum Gasteiger partial charge on any atom is 0.168 e. The number of hydrogen-bond acceptors (Lipinski definition) is 5. The second kappa shape index (κ2) is 3.75. The second-order valence-electron chi connectivity index (χ2n) is 2.98. The minimum Gasteiger partial charge on any atom is -0.362 e. The van der Waals surface area contributed by atoms with Gasteiger partial charge in [-0.15, -0.1) is 16.4 Å². The number of nitrogens with zero attached hydrogens (tertiary/aromatic N) is 4. The van der Waals surface area contributed by atoms with Gasteiger partial charge >= 0.3 is 0 Å². The first-order chi connectivity index (χ1) is 6.74. The summed E-state index contributed by atoms with van der Waals surface area (Å²) in [7, 11) is 1.84. The summed E-state index contributed by atoms with van der Waals surface area (Å²) in [6.45, 7) is 2.75. The molecular weight excluding hydrogens is 198 g/mol. The van der Waals surface area contributed by atoms with Crippen molar-refractivity contribution in [1.82, 2.24) is 20.0 Å². The van der Waals surface area contributed by atoms with Gasteiger partial charge in [0.25, 0.3) is 0 Å². The molecule has 0 spiro atoms. The molecule has 0 atom stereocenters. The van der Waals surface area contributed by atoms with E-state index in [1.807, 2.05) is 26.4 Å². The number of rotatable bonds is 3. The fourth-order valence-electron chi connectivity index (χ4n) is 1.09. The van der Waals surface area contributed by atoms with Crippen LogP contribution in [-0.4, -0.2) is 20.0 Å². The van der Waals surface area contributed by atoms with Gasteiger partial charge in [-0.3, -0.25) is 4.68 Å². The molecule has 0 unspecified atom stereocenters. The minimum atomic E-state index is 0.754. The lowest BCUT2D eigenvalue weighted by molar-refractivity contribution is 0.715.